The zero-order valence-corrected chi connectivity index (χ0v) is 14.9. The minimum atomic E-state index is -0.334. The van der Waals surface area contributed by atoms with E-state index in [-0.39, 0.29) is 18.4 Å². The van der Waals surface area contributed by atoms with Crippen molar-refractivity contribution in [3.63, 3.8) is 0 Å². The molecule has 0 unspecified atom stereocenters. The Morgan fingerprint density at radius 3 is 2.26 bits per heavy atom. The zero-order valence-electron chi connectivity index (χ0n) is 14.9. The highest BCUT2D eigenvalue weighted by atomic mass is 16.5. The summed E-state index contributed by atoms with van der Waals surface area (Å²) in [5.74, 6) is 0.581. The fourth-order valence-electron chi connectivity index (χ4n) is 2.44. The van der Waals surface area contributed by atoms with Crippen molar-refractivity contribution in [2.24, 2.45) is 0 Å². The highest BCUT2D eigenvalue weighted by Gasteiger charge is 2.11. The van der Waals surface area contributed by atoms with Crippen LogP contribution in [0.1, 0.15) is 15.9 Å². The highest BCUT2D eigenvalue weighted by molar-refractivity contribution is 5.99. The number of nitrogens with one attached hydrogen (secondary N) is 2. The lowest BCUT2D eigenvalue weighted by Gasteiger charge is -2.12. The van der Waals surface area contributed by atoms with Gasteiger partial charge in [-0.25, -0.2) is 0 Å². The molecule has 0 radical (unpaired) electrons. The van der Waals surface area contributed by atoms with Crippen molar-refractivity contribution in [1.82, 2.24) is 5.32 Å². The number of carbonyl (C=O) groups excluding carboxylic acids is 2. The highest BCUT2D eigenvalue weighted by Crippen LogP contribution is 2.29. The molecule has 0 aliphatic rings. The number of anilines is 1. The van der Waals surface area contributed by atoms with Crippen molar-refractivity contribution in [3.05, 3.63) is 90.0 Å². The Kier molecular flexibility index (Phi) is 5.84. The number of rotatable bonds is 6. The van der Waals surface area contributed by atoms with Crippen LogP contribution in [0.5, 0.6) is 11.5 Å². The molecule has 3 aromatic rings. The van der Waals surface area contributed by atoms with Crippen LogP contribution >= 0.6 is 0 Å². The Bertz CT molecular complexity index is 922. The summed E-state index contributed by atoms with van der Waals surface area (Å²) in [7, 11) is 0. The predicted octanol–water partition coefficient (Wildman–Crippen LogP) is 4.16. The lowest BCUT2D eigenvalue weighted by Crippen LogP contribution is -2.32. The SMILES string of the molecule is Cc1ccc(Oc2ccccc2NC(=O)CNC(=O)c2ccccc2)cc1. The number of ether oxygens (including phenoxy) is 1. The van der Waals surface area contributed by atoms with Crippen LogP contribution in [0.15, 0.2) is 78.9 Å². The van der Waals surface area contributed by atoms with Gasteiger partial charge in [0.1, 0.15) is 5.75 Å². The minimum Gasteiger partial charge on any atom is -0.455 e. The minimum absolute atomic E-state index is 0.132. The topological polar surface area (TPSA) is 67.4 Å². The molecule has 2 amide bonds. The summed E-state index contributed by atoms with van der Waals surface area (Å²) in [4.78, 5) is 24.2. The molecule has 3 aromatic carbocycles. The van der Waals surface area contributed by atoms with Gasteiger partial charge in [-0.15, -0.1) is 0 Å². The van der Waals surface area contributed by atoms with Crippen LogP contribution in [0.25, 0.3) is 0 Å². The molecule has 0 saturated carbocycles. The summed E-state index contributed by atoms with van der Waals surface area (Å²) in [5.41, 5.74) is 2.18. The van der Waals surface area contributed by atoms with Crippen LogP contribution in [-0.4, -0.2) is 18.4 Å². The molecule has 2 N–H and O–H groups in total. The Morgan fingerprint density at radius 1 is 0.852 bits per heavy atom. The van der Waals surface area contributed by atoms with Crippen molar-refractivity contribution in [2.75, 3.05) is 11.9 Å². The second-order valence-corrected chi connectivity index (χ2v) is 6.01. The molecule has 0 aliphatic carbocycles. The molecule has 0 aliphatic heterocycles. The van der Waals surface area contributed by atoms with E-state index in [1.54, 1.807) is 42.5 Å². The van der Waals surface area contributed by atoms with Gasteiger partial charge in [-0.05, 0) is 43.3 Å². The van der Waals surface area contributed by atoms with Gasteiger partial charge < -0.3 is 15.4 Å². The van der Waals surface area contributed by atoms with Gasteiger partial charge >= 0.3 is 0 Å². The first-order valence-corrected chi connectivity index (χ1v) is 8.58. The molecule has 0 bridgehead atoms. The largest absolute Gasteiger partial charge is 0.455 e. The van der Waals surface area contributed by atoms with Gasteiger partial charge in [0.2, 0.25) is 5.91 Å². The average Bonchev–Trinajstić information content (AvgIpc) is 2.70. The lowest BCUT2D eigenvalue weighted by molar-refractivity contribution is -0.115. The van der Waals surface area contributed by atoms with Gasteiger partial charge in [0.05, 0.1) is 12.2 Å². The van der Waals surface area contributed by atoms with E-state index in [9.17, 15) is 9.59 Å². The van der Waals surface area contributed by atoms with Crippen molar-refractivity contribution < 1.29 is 14.3 Å². The molecule has 0 aromatic heterocycles. The van der Waals surface area contributed by atoms with Crippen LogP contribution in [-0.2, 0) is 4.79 Å². The Hall–Kier alpha value is -3.60. The number of hydrogen-bond donors (Lipinski definition) is 2. The van der Waals surface area contributed by atoms with Crippen molar-refractivity contribution in [2.45, 2.75) is 6.92 Å². The second kappa shape index (κ2) is 8.67. The van der Waals surface area contributed by atoms with E-state index in [4.69, 9.17) is 4.74 Å². The van der Waals surface area contributed by atoms with Gasteiger partial charge in [0.15, 0.2) is 5.75 Å². The number of amides is 2. The van der Waals surface area contributed by atoms with Gasteiger partial charge in [-0.2, -0.15) is 0 Å². The number of para-hydroxylation sites is 2. The Morgan fingerprint density at radius 2 is 1.52 bits per heavy atom. The molecule has 27 heavy (non-hydrogen) atoms. The normalized spacial score (nSPS) is 10.1. The molecule has 0 fully saturated rings. The molecule has 136 valence electrons. The molecule has 0 atom stereocenters. The third kappa shape index (κ3) is 5.19. The molecule has 5 nitrogen and oxygen atoms in total. The maximum Gasteiger partial charge on any atom is 0.251 e. The first-order valence-electron chi connectivity index (χ1n) is 8.58. The number of carbonyl (C=O) groups is 2. The van der Waals surface area contributed by atoms with Crippen molar-refractivity contribution >= 4 is 17.5 Å². The molecule has 0 spiro atoms. The van der Waals surface area contributed by atoms with Gasteiger partial charge in [0.25, 0.3) is 5.91 Å². The molecule has 0 saturated heterocycles. The van der Waals surface area contributed by atoms with Gasteiger partial charge in [0, 0.05) is 5.56 Å². The Balaban J connectivity index is 1.61. The quantitative estimate of drug-likeness (QED) is 0.694. The van der Waals surface area contributed by atoms with E-state index >= 15 is 0 Å². The maximum absolute atomic E-state index is 12.2. The van der Waals surface area contributed by atoms with E-state index in [1.807, 2.05) is 43.3 Å². The first kappa shape index (κ1) is 18.2. The smallest absolute Gasteiger partial charge is 0.251 e. The van der Waals surface area contributed by atoms with Gasteiger partial charge in [-0.1, -0.05) is 48.0 Å². The summed E-state index contributed by atoms with van der Waals surface area (Å²) in [6.45, 7) is 1.87. The van der Waals surface area contributed by atoms with Crippen LogP contribution in [0.2, 0.25) is 0 Å². The fraction of sp³-hybridized carbons (Fsp3) is 0.0909. The van der Waals surface area contributed by atoms with Gasteiger partial charge in [-0.3, -0.25) is 9.59 Å². The predicted molar refractivity (Wildman–Crippen MR) is 105 cm³/mol. The van der Waals surface area contributed by atoms with Crippen LogP contribution in [0.3, 0.4) is 0 Å². The monoisotopic (exact) mass is 360 g/mol. The number of benzene rings is 3. The Labute approximate surface area is 158 Å². The third-order valence-corrected chi connectivity index (χ3v) is 3.86. The van der Waals surface area contributed by atoms with Crippen LogP contribution in [0.4, 0.5) is 5.69 Å². The van der Waals surface area contributed by atoms with E-state index in [0.717, 1.165) is 5.56 Å². The first-order chi connectivity index (χ1) is 13.1. The van der Waals surface area contributed by atoms with Crippen LogP contribution in [0, 0.1) is 6.92 Å². The summed E-state index contributed by atoms with van der Waals surface area (Å²) < 4.78 is 5.86. The van der Waals surface area contributed by atoms with E-state index in [1.165, 1.54) is 0 Å². The maximum atomic E-state index is 12.2. The van der Waals surface area contributed by atoms with E-state index in [2.05, 4.69) is 10.6 Å². The number of aryl methyl sites for hydroxylation is 1. The van der Waals surface area contributed by atoms with Crippen molar-refractivity contribution in [1.29, 1.82) is 0 Å². The standard InChI is InChI=1S/C22H20N2O3/c1-16-11-13-18(14-12-16)27-20-10-6-5-9-19(20)24-21(25)15-23-22(26)17-7-3-2-4-8-17/h2-14H,15H2,1H3,(H,23,26)(H,24,25). The second-order valence-electron chi connectivity index (χ2n) is 6.01. The van der Waals surface area contributed by atoms with Crippen LogP contribution < -0.4 is 15.4 Å². The third-order valence-electron chi connectivity index (χ3n) is 3.86. The average molecular weight is 360 g/mol. The summed E-state index contributed by atoms with van der Waals surface area (Å²) in [5, 5.41) is 5.37. The summed E-state index contributed by atoms with van der Waals surface area (Å²) >= 11 is 0. The summed E-state index contributed by atoms with van der Waals surface area (Å²) in [6, 6.07) is 23.6. The summed E-state index contributed by atoms with van der Waals surface area (Å²) in [6.07, 6.45) is 0. The van der Waals surface area contributed by atoms with E-state index < -0.39 is 0 Å². The molecular weight excluding hydrogens is 340 g/mol. The molecule has 3 rings (SSSR count). The fourth-order valence-corrected chi connectivity index (χ4v) is 2.44. The number of hydrogen-bond acceptors (Lipinski definition) is 3. The molecule has 0 heterocycles. The van der Waals surface area contributed by atoms with Crippen molar-refractivity contribution in [3.8, 4) is 11.5 Å². The molecular formula is C22H20N2O3. The molecule has 5 heteroatoms. The van der Waals surface area contributed by atoms with E-state index in [0.29, 0.717) is 22.7 Å². The zero-order chi connectivity index (χ0) is 19.1. The lowest BCUT2D eigenvalue weighted by atomic mass is 10.2.